The molecule has 0 unspecified atom stereocenters. The Kier molecular flexibility index (Phi) is 5.97. The molecule has 154 valence electrons. The second kappa shape index (κ2) is 8.30. The van der Waals surface area contributed by atoms with Crippen LogP contribution in [0.2, 0.25) is 0 Å². The van der Waals surface area contributed by atoms with Gasteiger partial charge in [0.05, 0.1) is 5.25 Å². The second-order valence-electron chi connectivity index (χ2n) is 8.60. The van der Waals surface area contributed by atoms with Crippen LogP contribution in [0.1, 0.15) is 65.7 Å². The van der Waals surface area contributed by atoms with Gasteiger partial charge in [-0.3, -0.25) is 14.5 Å². The summed E-state index contributed by atoms with van der Waals surface area (Å²) in [6, 6.07) is 0.518. The number of fused-ring (bicyclic) bond motifs is 2. The van der Waals surface area contributed by atoms with Gasteiger partial charge in [-0.1, -0.05) is 36.4 Å². The van der Waals surface area contributed by atoms with E-state index in [4.69, 9.17) is 0 Å². The van der Waals surface area contributed by atoms with E-state index in [1.165, 1.54) is 48.8 Å². The number of aromatic nitrogens is 2. The van der Waals surface area contributed by atoms with Gasteiger partial charge in [0.25, 0.3) is 0 Å². The average molecular weight is 423 g/mol. The largest absolute Gasteiger partial charge is 0.352 e. The smallest absolute Gasteiger partial charge is 0.233 e. The minimum absolute atomic E-state index is 0.0701. The molecule has 2 amide bonds. The van der Waals surface area contributed by atoms with E-state index < -0.39 is 0 Å². The molecule has 5 atom stereocenters. The van der Waals surface area contributed by atoms with Gasteiger partial charge in [-0.05, 0) is 63.7 Å². The molecule has 3 saturated carbocycles. The van der Waals surface area contributed by atoms with E-state index in [1.54, 1.807) is 4.90 Å². The predicted molar refractivity (Wildman–Crippen MR) is 113 cm³/mol. The maximum atomic E-state index is 12.7. The normalized spacial score (nSPS) is 28.2. The van der Waals surface area contributed by atoms with Gasteiger partial charge < -0.3 is 5.32 Å². The van der Waals surface area contributed by atoms with Crippen LogP contribution in [0.3, 0.4) is 0 Å². The first-order chi connectivity index (χ1) is 13.5. The fourth-order valence-electron chi connectivity index (χ4n) is 4.88. The van der Waals surface area contributed by atoms with Crippen molar-refractivity contribution in [1.82, 2.24) is 15.5 Å². The summed E-state index contributed by atoms with van der Waals surface area (Å²) in [6.45, 7) is 5.95. The molecule has 3 fully saturated rings. The summed E-state index contributed by atoms with van der Waals surface area (Å²) in [7, 11) is 0. The van der Waals surface area contributed by atoms with Gasteiger partial charge in [-0.15, -0.1) is 10.2 Å². The number of nitrogens with one attached hydrogen (secondary N) is 1. The fraction of sp³-hybridized carbons (Fsp3) is 0.800. The first kappa shape index (κ1) is 20.1. The van der Waals surface area contributed by atoms with Crippen LogP contribution in [0.25, 0.3) is 0 Å². The topological polar surface area (TPSA) is 75.2 Å². The van der Waals surface area contributed by atoms with Crippen LogP contribution in [0.4, 0.5) is 5.13 Å². The summed E-state index contributed by atoms with van der Waals surface area (Å²) in [4.78, 5) is 26.7. The number of nitrogens with zero attached hydrogens (tertiary/aromatic N) is 3. The summed E-state index contributed by atoms with van der Waals surface area (Å²) >= 11 is 2.85. The lowest BCUT2D eigenvalue weighted by Gasteiger charge is -2.29. The van der Waals surface area contributed by atoms with E-state index >= 15 is 0 Å². The van der Waals surface area contributed by atoms with Crippen LogP contribution < -0.4 is 10.2 Å². The molecule has 2 bridgehead atoms. The summed E-state index contributed by atoms with van der Waals surface area (Å²) in [5, 5.41) is 12.1. The van der Waals surface area contributed by atoms with Crippen molar-refractivity contribution in [3.8, 4) is 0 Å². The van der Waals surface area contributed by atoms with Gasteiger partial charge in [0, 0.05) is 18.5 Å². The van der Waals surface area contributed by atoms with E-state index in [1.807, 2.05) is 13.8 Å². The van der Waals surface area contributed by atoms with Gasteiger partial charge in [0.2, 0.25) is 16.9 Å². The molecule has 1 aromatic heterocycles. The lowest BCUT2D eigenvalue weighted by molar-refractivity contribution is -0.121. The molecule has 6 nitrogen and oxygen atoms in total. The first-order valence-electron chi connectivity index (χ1n) is 10.6. The molecular formula is C20H30N4O2S2. The minimum atomic E-state index is -0.224. The Bertz CT molecular complexity index is 736. The average Bonchev–Trinajstić information content (AvgIpc) is 3.07. The summed E-state index contributed by atoms with van der Waals surface area (Å²) < 4.78 is 0.750. The summed E-state index contributed by atoms with van der Waals surface area (Å²) in [5.74, 6) is 2.50. The Morgan fingerprint density at radius 2 is 2.00 bits per heavy atom. The fourth-order valence-corrected chi connectivity index (χ4v) is 6.96. The molecular weight excluding hydrogens is 392 g/mol. The maximum absolute atomic E-state index is 12.7. The number of rotatable bonds is 8. The minimum Gasteiger partial charge on any atom is -0.352 e. The van der Waals surface area contributed by atoms with E-state index in [2.05, 4.69) is 22.4 Å². The van der Waals surface area contributed by atoms with Crippen molar-refractivity contribution in [2.24, 2.45) is 17.8 Å². The number of thioether (sulfide) groups is 1. The van der Waals surface area contributed by atoms with Crippen molar-refractivity contribution in [2.45, 2.75) is 87.4 Å². The van der Waals surface area contributed by atoms with E-state index in [0.717, 1.165) is 29.0 Å². The summed E-state index contributed by atoms with van der Waals surface area (Å²) in [6.07, 6.45) is 7.89. The highest BCUT2D eigenvalue weighted by molar-refractivity contribution is 8.02. The van der Waals surface area contributed by atoms with Gasteiger partial charge in [-0.2, -0.15) is 0 Å². The first-order valence-corrected chi connectivity index (χ1v) is 12.3. The highest BCUT2D eigenvalue weighted by Crippen LogP contribution is 2.49. The van der Waals surface area contributed by atoms with E-state index in [9.17, 15) is 9.59 Å². The van der Waals surface area contributed by atoms with Crippen molar-refractivity contribution in [2.75, 3.05) is 4.90 Å². The standard InChI is InChI=1S/C20H30N4O2S2/c1-4-17(25)24(15-7-8-15)19-22-23-20(28-19)27-12(3)18(26)21-11(2)16-10-13-5-6-14(16)9-13/h11-16H,4-10H2,1-3H3,(H,21,26)/t11-,12+,13-,14-,16-/m0/s1. The Morgan fingerprint density at radius 1 is 1.21 bits per heavy atom. The molecule has 1 aromatic rings. The summed E-state index contributed by atoms with van der Waals surface area (Å²) in [5.41, 5.74) is 0. The third kappa shape index (κ3) is 4.22. The third-order valence-corrected chi connectivity index (χ3v) is 8.64. The second-order valence-corrected chi connectivity index (χ2v) is 11.1. The molecule has 0 spiro atoms. The van der Waals surface area contributed by atoms with Crippen molar-refractivity contribution in [1.29, 1.82) is 0 Å². The molecule has 0 aliphatic heterocycles. The molecule has 0 radical (unpaired) electrons. The van der Waals surface area contributed by atoms with Crippen LogP contribution in [0.15, 0.2) is 4.34 Å². The number of hydrogen-bond donors (Lipinski definition) is 1. The van der Waals surface area contributed by atoms with Crippen LogP contribution in [-0.4, -0.2) is 39.3 Å². The molecule has 0 saturated heterocycles. The Morgan fingerprint density at radius 3 is 2.61 bits per heavy atom. The van der Waals surface area contributed by atoms with Gasteiger partial charge in [0.1, 0.15) is 0 Å². The van der Waals surface area contributed by atoms with Crippen LogP contribution in [-0.2, 0) is 9.59 Å². The zero-order chi connectivity index (χ0) is 19.8. The Hall–Kier alpha value is -1.15. The van der Waals surface area contributed by atoms with Gasteiger partial charge >= 0.3 is 0 Å². The van der Waals surface area contributed by atoms with E-state index in [0.29, 0.717) is 17.5 Å². The van der Waals surface area contributed by atoms with Crippen LogP contribution in [0, 0.1) is 17.8 Å². The Balaban J connectivity index is 1.32. The Labute approximate surface area is 175 Å². The number of hydrogen-bond acceptors (Lipinski definition) is 6. The van der Waals surface area contributed by atoms with Gasteiger partial charge in [-0.25, -0.2) is 0 Å². The quantitative estimate of drug-likeness (QED) is 0.508. The van der Waals surface area contributed by atoms with Crippen LogP contribution in [0.5, 0.6) is 0 Å². The molecule has 28 heavy (non-hydrogen) atoms. The highest BCUT2D eigenvalue weighted by atomic mass is 32.2. The maximum Gasteiger partial charge on any atom is 0.233 e. The number of carbonyl (C=O) groups is 2. The lowest BCUT2D eigenvalue weighted by Crippen LogP contribution is -2.43. The predicted octanol–water partition coefficient (Wildman–Crippen LogP) is 3.87. The molecule has 1 N–H and O–H groups in total. The molecule has 3 aliphatic carbocycles. The highest BCUT2D eigenvalue weighted by Gasteiger charge is 2.42. The molecule has 3 aliphatic rings. The van der Waals surface area contributed by atoms with Crippen molar-refractivity contribution in [3.05, 3.63) is 0 Å². The third-order valence-electron chi connectivity index (χ3n) is 6.54. The molecule has 8 heteroatoms. The van der Waals surface area contributed by atoms with E-state index in [-0.39, 0.29) is 29.1 Å². The molecule has 1 heterocycles. The van der Waals surface area contributed by atoms with Crippen molar-refractivity contribution >= 4 is 40.0 Å². The van der Waals surface area contributed by atoms with Crippen molar-refractivity contribution < 1.29 is 9.59 Å². The van der Waals surface area contributed by atoms with Crippen LogP contribution >= 0.6 is 23.1 Å². The molecule has 4 rings (SSSR count). The monoisotopic (exact) mass is 422 g/mol. The number of anilines is 1. The zero-order valence-electron chi connectivity index (χ0n) is 16.9. The lowest BCUT2D eigenvalue weighted by atomic mass is 9.84. The number of carbonyl (C=O) groups excluding carboxylic acids is 2. The number of amides is 2. The zero-order valence-corrected chi connectivity index (χ0v) is 18.5. The van der Waals surface area contributed by atoms with Gasteiger partial charge in [0.15, 0.2) is 4.34 Å². The van der Waals surface area contributed by atoms with Crippen molar-refractivity contribution in [3.63, 3.8) is 0 Å². The molecule has 0 aromatic carbocycles. The SMILES string of the molecule is CCC(=O)N(c1nnc(S[C@H](C)C(=O)N[C@@H](C)[C@@H]2C[C@H]3CC[C@H]2C3)s1)C1CC1.